The molecule has 0 spiro atoms. The highest BCUT2D eigenvalue weighted by Gasteiger charge is 2.32. The van der Waals surface area contributed by atoms with E-state index in [1.807, 2.05) is 29.2 Å². The number of piperidine rings is 1. The van der Waals surface area contributed by atoms with Crippen LogP contribution in [0.4, 0.5) is 5.69 Å². The maximum absolute atomic E-state index is 13.2. The van der Waals surface area contributed by atoms with Gasteiger partial charge in [0.15, 0.2) is 0 Å². The Morgan fingerprint density at radius 3 is 2.24 bits per heavy atom. The summed E-state index contributed by atoms with van der Waals surface area (Å²) in [6.45, 7) is 7.90. The summed E-state index contributed by atoms with van der Waals surface area (Å²) in [5.41, 5.74) is 2.24. The number of ether oxygens (including phenoxy) is 1. The molecule has 0 unspecified atom stereocenters. The summed E-state index contributed by atoms with van der Waals surface area (Å²) < 4.78 is 34.9. The second-order valence-corrected chi connectivity index (χ2v) is 10.9. The number of aromatic nitrogens is 2. The number of carbonyl (C=O) groups excluding carboxylic acids is 1. The maximum atomic E-state index is 13.2. The molecule has 10 heteroatoms. The Kier molecular flexibility index (Phi) is 7.47. The van der Waals surface area contributed by atoms with E-state index in [1.54, 1.807) is 29.9 Å². The minimum atomic E-state index is -3.56. The molecule has 2 fully saturated rings. The van der Waals surface area contributed by atoms with Crippen LogP contribution in [0.3, 0.4) is 0 Å². The molecule has 0 atom stereocenters. The topological polar surface area (TPSA) is 88.0 Å². The number of nitrogens with zero attached hydrogens (tertiary/aromatic N) is 5. The Morgan fingerprint density at radius 1 is 0.971 bits per heavy atom. The normalized spacial score (nSPS) is 17.7. The first kappa shape index (κ1) is 24.5. The van der Waals surface area contributed by atoms with Crippen LogP contribution in [-0.2, 0) is 21.4 Å². The van der Waals surface area contributed by atoms with Gasteiger partial charge < -0.3 is 14.5 Å². The van der Waals surface area contributed by atoms with Gasteiger partial charge in [-0.1, -0.05) is 6.42 Å². The Bertz CT molecular complexity index is 1100. The quantitative estimate of drug-likeness (QED) is 0.594. The number of hydrogen-bond donors (Lipinski definition) is 0. The van der Waals surface area contributed by atoms with Crippen LogP contribution in [0.15, 0.2) is 29.2 Å². The summed E-state index contributed by atoms with van der Waals surface area (Å²) in [6, 6.07) is 7.96. The van der Waals surface area contributed by atoms with E-state index >= 15 is 0 Å². The molecule has 0 N–H and O–H groups in total. The molecule has 9 nitrogen and oxygen atoms in total. The molecule has 0 radical (unpaired) electrons. The van der Waals surface area contributed by atoms with Gasteiger partial charge in [0, 0.05) is 51.4 Å². The van der Waals surface area contributed by atoms with Crippen LogP contribution in [0.5, 0.6) is 5.75 Å². The molecule has 34 heavy (non-hydrogen) atoms. The lowest BCUT2D eigenvalue weighted by Gasteiger charge is -2.36. The Morgan fingerprint density at radius 2 is 1.62 bits per heavy atom. The van der Waals surface area contributed by atoms with Crippen molar-refractivity contribution < 1.29 is 17.9 Å². The van der Waals surface area contributed by atoms with Gasteiger partial charge in [-0.15, -0.1) is 0 Å². The van der Waals surface area contributed by atoms with Gasteiger partial charge in [-0.05, 0) is 51.0 Å². The number of anilines is 1. The van der Waals surface area contributed by atoms with E-state index in [1.165, 1.54) is 0 Å². The zero-order chi connectivity index (χ0) is 24.3. The summed E-state index contributed by atoms with van der Waals surface area (Å²) in [7, 11) is -1.90. The van der Waals surface area contributed by atoms with Crippen LogP contribution in [0.1, 0.15) is 37.1 Å². The molecule has 4 rings (SSSR count). The molecule has 186 valence electrons. The molecule has 0 aliphatic carbocycles. The molecule has 1 aromatic heterocycles. The summed E-state index contributed by atoms with van der Waals surface area (Å²) in [4.78, 5) is 17.3. The molecule has 0 saturated carbocycles. The second kappa shape index (κ2) is 10.4. The fourth-order valence-corrected chi connectivity index (χ4v) is 6.76. The van der Waals surface area contributed by atoms with E-state index in [0.717, 1.165) is 43.8 Å². The highest BCUT2D eigenvalue weighted by Crippen LogP contribution is 2.26. The van der Waals surface area contributed by atoms with E-state index < -0.39 is 10.0 Å². The van der Waals surface area contributed by atoms with Gasteiger partial charge in [0.1, 0.15) is 10.6 Å². The molecule has 1 amide bonds. The Hall–Kier alpha value is -2.59. The van der Waals surface area contributed by atoms with E-state index in [4.69, 9.17) is 4.74 Å². The number of aryl methyl sites for hydroxylation is 2. The minimum Gasteiger partial charge on any atom is -0.497 e. The van der Waals surface area contributed by atoms with Gasteiger partial charge >= 0.3 is 0 Å². The summed E-state index contributed by atoms with van der Waals surface area (Å²) >= 11 is 0. The largest absolute Gasteiger partial charge is 0.497 e. The summed E-state index contributed by atoms with van der Waals surface area (Å²) in [6.07, 6.45) is 3.16. The third kappa shape index (κ3) is 5.07. The van der Waals surface area contributed by atoms with Gasteiger partial charge in [0.25, 0.3) is 0 Å². The lowest BCUT2D eigenvalue weighted by molar-refractivity contribution is -0.131. The van der Waals surface area contributed by atoms with Gasteiger partial charge in [-0.25, -0.2) is 8.42 Å². The zero-order valence-corrected chi connectivity index (χ0v) is 21.2. The van der Waals surface area contributed by atoms with Crippen molar-refractivity contribution in [3.05, 3.63) is 35.7 Å². The molecule has 3 heterocycles. The third-order valence-electron chi connectivity index (χ3n) is 6.84. The van der Waals surface area contributed by atoms with E-state index in [9.17, 15) is 13.2 Å². The number of piperazine rings is 1. The maximum Gasteiger partial charge on any atom is 0.246 e. The molecule has 2 aliphatic heterocycles. The highest BCUT2D eigenvalue weighted by atomic mass is 32.2. The van der Waals surface area contributed by atoms with Gasteiger partial charge in [-0.3, -0.25) is 9.48 Å². The predicted octanol–water partition coefficient (Wildman–Crippen LogP) is 2.42. The molecule has 2 saturated heterocycles. The smallest absolute Gasteiger partial charge is 0.246 e. The van der Waals surface area contributed by atoms with Gasteiger partial charge in [0.2, 0.25) is 15.9 Å². The average molecular weight is 490 g/mol. The fourth-order valence-electron chi connectivity index (χ4n) is 4.87. The SMILES string of the molecule is COc1ccc(N2CCN(C(=O)CCn3nc(C)c(S(=O)(=O)N4CCCCC4)c3C)CC2)cc1. The predicted molar refractivity (Wildman–Crippen MR) is 131 cm³/mol. The minimum absolute atomic E-state index is 0.0716. The average Bonchev–Trinajstić information content (AvgIpc) is 3.16. The second-order valence-electron chi connectivity index (χ2n) is 9.00. The Balaban J connectivity index is 1.34. The number of rotatable bonds is 7. The van der Waals surface area contributed by atoms with Crippen LogP contribution in [0.2, 0.25) is 0 Å². The van der Waals surface area contributed by atoms with Crippen LogP contribution in [-0.4, -0.2) is 79.7 Å². The van der Waals surface area contributed by atoms with E-state index in [0.29, 0.717) is 55.4 Å². The zero-order valence-electron chi connectivity index (χ0n) is 20.4. The first-order chi connectivity index (χ1) is 16.3. The molecular formula is C24H35N5O4S. The standard InChI is InChI=1S/C24H35N5O4S/c1-19-24(34(31,32)28-12-5-4-6-13-28)20(2)29(25-19)14-11-23(30)27-17-15-26(16-18-27)21-7-9-22(33-3)10-8-21/h7-10H,4-6,11-18H2,1-3H3. The van der Waals surface area contributed by atoms with Crippen molar-refractivity contribution in [3.8, 4) is 5.75 Å². The highest BCUT2D eigenvalue weighted by molar-refractivity contribution is 7.89. The number of benzene rings is 1. The lowest BCUT2D eigenvalue weighted by Crippen LogP contribution is -2.49. The fraction of sp³-hybridized carbons (Fsp3) is 0.583. The van der Waals surface area contributed by atoms with Gasteiger partial charge in [-0.2, -0.15) is 9.40 Å². The van der Waals surface area contributed by atoms with Crippen molar-refractivity contribution in [2.75, 3.05) is 51.3 Å². The van der Waals surface area contributed by atoms with Crippen molar-refractivity contribution in [1.29, 1.82) is 0 Å². The van der Waals surface area contributed by atoms with Gasteiger partial charge in [0.05, 0.1) is 25.0 Å². The summed E-state index contributed by atoms with van der Waals surface area (Å²) in [5, 5.41) is 4.48. The molecular weight excluding hydrogens is 454 g/mol. The number of carbonyl (C=O) groups is 1. The van der Waals surface area contributed by atoms with Crippen LogP contribution in [0, 0.1) is 13.8 Å². The molecule has 2 aromatic rings. The van der Waals surface area contributed by atoms with Crippen LogP contribution < -0.4 is 9.64 Å². The Labute approximate surface area is 202 Å². The number of sulfonamides is 1. The first-order valence-corrected chi connectivity index (χ1v) is 13.5. The first-order valence-electron chi connectivity index (χ1n) is 12.0. The van der Waals surface area contributed by atoms with Crippen molar-refractivity contribution >= 4 is 21.6 Å². The van der Waals surface area contributed by atoms with E-state index in [2.05, 4.69) is 10.00 Å². The number of hydrogen-bond acceptors (Lipinski definition) is 6. The molecule has 1 aromatic carbocycles. The van der Waals surface area contributed by atoms with Crippen molar-refractivity contribution in [2.24, 2.45) is 0 Å². The van der Waals surface area contributed by atoms with E-state index in [-0.39, 0.29) is 5.91 Å². The molecule has 0 bridgehead atoms. The monoisotopic (exact) mass is 489 g/mol. The lowest BCUT2D eigenvalue weighted by atomic mass is 10.2. The van der Waals surface area contributed by atoms with Crippen LogP contribution >= 0.6 is 0 Å². The van der Waals surface area contributed by atoms with Crippen molar-refractivity contribution in [1.82, 2.24) is 19.0 Å². The van der Waals surface area contributed by atoms with Crippen molar-refractivity contribution in [2.45, 2.75) is 51.0 Å². The number of amides is 1. The van der Waals surface area contributed by atoms with Crippen molar-refractivity contribution in [3.63, 3.8) is 0 Å². The number of methoxy groups -OCH3 is 1. The van der Waals surface area contributed by atoms with Crippen LogP contribution in [0.25, 0.3) is 0 Å². The molecule has 2 aliphatic rings. The summed E-state index contributed by atoms with van der Waals surface area (Å²) in [5.74, 6) is 0.899. The third-order valence-corrected chi connectivity index (χ3v) is 8.99.